The van der Waals surface area contributed by atoms with E-state index in [9.17, 15) is 0 Å². The molecule has 0 amide bonds. The van der Waals surface area contributed by atoms with Crippen molar-refractivity contribution in [1.82, 2.24) is 0 Å². The third-order valence-corrected chi connectivity index (χ3v) is 6.38. The predicted octanol–water partition coefficient (Wildman–Crippen LogP) is 6.54. The molecule has 0 aromatic heterocycles. The summed E-state index contributed by atoms with van der Waals surface area (Å²) >= 11 is 0. The Morgan fingerprint density at radius 1 is 0.586 bits per heavy atom. The maximum Gasteiger partial charge on any atom is 0.0372 e. The van der Waals surface area contributed by atoms with Crippen molar-refractivity contribution in [3.8, 4) is 11.1 Å². The summed E-state index contributed by atoms with van der Waals surface area (Å²) < 4.78 is 0. The van der Waals surface area contributed by atoms with Gasteiger partial charge in [-0.05, 0) is 79.8 Å². The lowest BCUT2D eigenvalue weighted by molar-refractivity contribution is 0.866. The maximum atomic E-state index is 2.43. The smallest absolute Gasteiger partial charge is 0.0372 e. The zero-order chi connectivity index (χ0) is 20.4. The Morgan fingerprint density at radius 2 is 1.03 bits per heavy atom. The SMILES string of the molecule is CCN(CC)c1ccc2c(c1)-c1cc(N(CC)CC)ccc1C2c1ccccc1. The molecule has 150 valence electrons. The summed E-state index contributed by atoms with van der Waals surface area (Å²) in [7, 11) is 0. The van der Waals surface area contributed by atoms with Crippen LogP contribution < -0.4 is 9.80 Å². The van der Waals surface area contributed by atoms with Gasteiger partial charge in [-0.1, -0.05) is 42.5 Å². The molecule has 0 spiro atoms. The summed E-state index contributed by atoms with van der Waals surface area (Å²) in [6, 6.07) is 25.1. The second-order valence-corrected chi connectivity index (χ2v) is 7.73. The van der Waals surface area contributed by atoms with Gasteiger partial charge in [0.15, 0.2) is 0 Å². The Kier molecular flexibility index (Phi) is 5.62. The zero-order valence-electron chi connectivity index (χ0n) is 18.2. The molecule has 29 heavy (non-hydrogen) atoms. The fourth-order valence-corrected chi connectivity index (χ4v) is 4.80. The van der Waals surface area contributed by atoms with Gasteiger partial charge in [-0.2, -0.15) is 0 Å². The minimum Gasteiger partial charge on any atom is -0.372 e. The van der Waals surface area contributed by atoms with E-state index < -0.39 is 0 Å². The summed E-state index contributed by atoms with van der Waals surface area (Å²) in [5, 5.41) is 0. The second kappa shape index (κ2) is 8.32. The molecule has 4 rings (SSSR count). The molecule has 2 heteroatoms. The van der Waals surface area contributed by atoms with Gasteiger partial charge in [0.05, 0.1) is 0 Å². The third-order valence-electron chi connectivity index (χ3n) is 6.38. The Morgan fingerprint density at radius 3 is 1.45 bits per heavy atom. The van der Waals surface area contributed by atoms with Gasteiger partial charge in [0.25, 0.3) is 0 Å². The molecule has 1 aliphatic carbocycles. The highest BCUT2D eigenvalue weighted by atomic mass is 15.1. The lowest BCUT2D eigenvalue weighted by atomic mass is 9.89. The topological polar surface area (TPSA) is 6.48 Å². The van der Waals surface area contributed by atoms with Crippen LogP contribution in [0.4, 0.5) is 11.4 Å². The molecule has 0 unspecified atom stereocenters. The van der Waals surface area contributed by atoms with Crippen LogP contribution in [0.3, 0.4) is 0 Å². The Bertz CT molecular complexity index is 908. The highest BCUT2D eigenvalue weighted by Crippen LogP contribution is 2.50. The number of fused-ring (bicyclic) bond motifs is 3. The summed E-state index contributed by atoms with van der Waals surface area (Å²) in [6.45, 7) is 13.1. The van der Waals surface area contributed by atoms with Crippen LogP contribution in [-0.4, -0.2) is 26.2 Å². The number of benzene rings is 3. The number of hydrogen-bond donors (Lipinski definition) is 0. The van der Waals surface area contributed by atoms with Gasteiger partial charge in [0.1, 0.15) is 0 Å². The lowest BCUT2D eigenvalue weighted by Gasteiger charge is -2.23. The van der Waals surface area contributed by atoms with Crippen molar-refractivity contribution in [1.29, 1.82) is 0 Å². The van der Waals surface area contributed by atoms with Gasteiger partial charge in [-0.3, -0.25) is 0 Å². The molecule has 2 nitrogen and oxygen atoms in total. The van der Waals surface area contributed by atoms with E-state index in [0.717, 1.165) is 26.2 Å². The van der Waals surface area contributed by atoms with Crippen LogP contribution in [-0.2, 0) is 0 Å². The normalized spacial score (nSPS) is 12.6. The molecule has 3 aromatic carbocycles. The Labute approximate surface area is 175 Å². The van der Waals surface area contributed by atoms with Crippen LogP contribution in [0.5, 0.6) is 0 Å². The maximum absolute atomic E-state index is 2.43. The monoisotopic (exact) mass is 384 g/mol. The van der Waals surface area contributed by atoms with E-state index in [1.165, 1.54) is 39.2 Å². The minimum atomic E-state index is 0.317. The fraction of sp³-hybridized carbons (Fsp3) is 0.333. The highest BCUT2D eigenvalue weighted by molar-refractivity contribution is 5.85. The van der Waals surface area contributed by atoms with E-state index in [0.29, 0.717) is 5.92 Å². The number of rotatable bonds is 7. The van der Waals surface area contributed by atoms with E-state index in [1.807, 2.05) is 0 Å². The van der Waals surface area contributed by atoms with Crippen LogP contribution in [0.25, 0.3) is 11.1 Å². The van der Waals surface area contributed by atoms with Crippen molar-refractivity contribution in [3.63, 3.8) is 0 Å². The third kappa shape index (κ3) is 3.42. The van der Waals surface area contributed by atoms with Crippen molar-refractivity contribution in [2.75, 3.05) is 36.0 Å². The number of hydrogen-bond acceptors (Lipinski definition) is 2. The van der Waals surface area contributed by atoms with Crippen molar-refractivity contribution >= 4 is 11.4 Å². The Hall–Kier alpha value is -2.74. The van der Waals surface area contributed by atoms with E-state index >= 15 is 0 Å². The van der Waals surface area contributed by atoms with Crippen molar-refractivity contribution in [2.45, 2.75) is 33.6 Å². The summed E-state index contributed by atoms with van der Waals surface area (Å²) in [4.78, 5) is 4.87. The molecule has 0 heterocycles. The van der Waals surface area contributed by atoms with Crippen molar-refractivity contribution in [2.24, 2.45) is 0 Å². The summed E-state index contributed by atoms with van der Waals surface area (Å²) in [5.41, 5.74) is 9.67. The van der Waals surface area contributed by atoms with Gasteiger partial charge >= 0.3 is 0 Å². The molecule has 0 aliphatic heterocycles. The lowest BCUT2D eigenvalue weighted by Crippen LogP contribution is -2.22. The van der Waals surface area contributed by atoms with E-state index in [2.05, 4.69) is 104 Å². The van der Waals surface area contributed by atoms with Crippen LogP contribution >= 0.6 is 0 Å². The molecular weight excluding hydrogens is 352 g/mol. The predicted molar refractivity (Wildman–Crippen MR) is 126 cm³/mol. The minimum absolute atomic E-state index is 0.317. The first-order chi connectivity index (χ1) is 14.2. The largest absolute Gasteiger partial charge is 0.372 e. The molecule has 0 N–H and O–H groups in total. The van der Waals surface area contributed by atoms with Gasteiger partial charge in [0.2, 0.25) is 0 Å². The van der Waals surface area contributed by atoms with Gasteiger partial charge in [0, 0.05) is 43.5 Å². The highest BCUT2D eigenvalue weighted by Gasteiger charge is 2.30. The number of anilines is 2. The average Bonchev–Trinajstić information content (AvgIpc) is 3.09. The van der Waals surface area contributed by atoms with Crippen LogP contribution in [0.1, 0.15) is 50.3 Å². The molecule has 0 fully saturated rings. The molecule has 0 saturated heterocycles. The number of nitrogens with zero attached hydrogens (tertiary/aromatic N) is 2. The van der Waals surface area contributed by atoms with E-state index in [1.54, 1.807) is 0 Å². The first-order valence-electron chi connectivity index (χ1n) is 11.0. The first kappa shape index (κ1) is 19.6. The molecular formula is C27H32N2. The molecule has 0 saturated carbocycles. The standard InChI is InChI=1S/C27H32N2/c1-5-28(6-2)21-14-16-23-25(18-21)26-19-22(29(7-3)8-4)15-17-24(26)27(23)20-12-10-9-11-13-20/h9-19,27H,5-8H2,1-4H3. The van der Waals surface area contributed by atoms with Crippen molar-refractivity contribution in [3.05, 3.63) is 83.4 Å². The van der Waals surface area contributed by atoms with Gasteiger partial charge in [-0.15, -0.1) is 0 Å². The van der Waals surface area contributed by atoms with Gasteiger partial charge < -0.3 is 9.80 Å². The van der Waals surface area contributed by atoms with E-state index in [4.69, 9.17) is 0 Å². The molecule has 3 aromatic rings. The molecule has 1 aliphatic rings. The Balaban J connectivity index is 1.90. The van der Waals surface area contributed by atoms with Crippen LogP contribution in [0.15, 0.2) is 66.7 Å². The van der Waals surface area contributed by atoms with Crippen LogP contribution in [0.2, 0.25) is 0 Å². The summed E-state index contributed by atoms with van der Waals surface area (Å²) in [5.74, 6) is 0.317. The first-order valence-corrected chi connectivity index (χ1v) is 11.0. The fourth-order valence-electron chi connectivity index (χ4n) is 4.80. The second-order valence-electron chi connectivity index (χ2n) is 7.73. The molecule has 0 atom stereocenters. The average molecular weight is 385 g/mol. The van der Waals surface area contributed by atoms with Gasteiger partial charge in [-0.25, -0.2) is 0 Å². The van der Waals surface area contributed by atoms with Crippen molar-refractivity contribution < 1.29 is 0 Å². The zero-order valence-corrected chi connectivity index (χ0v) is 18.2. The summed E-state index contributed by atoms with van der Waals surface area (Å²) in [6.07, 6.45) is 0. The van der Waals surface area contributed by atoms with E-state index in [-0.39, 0.29) is 0 Å². The molecule has 0 bridgehead atoms. The van der Waals surface area contributed by atoms with Crippen LogP contribution in [0, 0.1) is 0 Å². The molecule has 0 radical (unpaired) electrons. The quantitative estimate of drug-likeness (QED) is 0.357.